The Morgan fingerprint density at radius 1 is 1.22 bits per heavy atom. The Morgan fingerprint density at radius 3 is 2.83 bits per heavy atom. The third-order valence-electron chi connectivity index (χ3n) is 3.31. The highest BCUT2D eigenvalue weighted by Crippen LogP contribution is 2.40. The van der Waals surface area contributed by atoms with Crippen molar-refractivity contribution in [1.29, 1.82) is 0 Å². The summed E-state index contributed by atoms with van der Waals surface area (Å²) in [5.41, 5.74) is 1.80. The maximum absolute atomic E-state index is 10.5. The number of nitrogens with zero attached hydrogens (tertiary/aromatic N) is 2. The Labute approximate surface area is 105 Å². The highest BCUT2D eigenvalue weighted by Gasteiger charge is 2.28. The van der Waals surface area contributed by atoms with Gasteiger partial charge in [-0.15, -0.1) is 0 Å². The minimum Gasteiger partial charge on any atom is -0.493 e. The van der Waals surface area contributed by atoms with Gasteiger partial charge in [-0.1, -0.05) is 18.2 Å². The molecule has 0 saturated heterocycles. The van der Waals surface area contributed by atoms with Gasteiger partial charge in [0.05, 0.1) is 12.7 Å². The highest BCUT2D eigenvalue weighted by atomic mass is 16.5. The number of aliphatic hydroxyl groups excluding tert-OH is 1. The number of aliphatic hydroxyl groups is 1. The van der Waals surface area contributed by atoms with Crippen LogP contribution in [0.5, 0.6) is 5.75 Å². The summed E-state index contributed by atoms with van der Waals surface area (Å²) in [5.74, 6) is 0.908. The number of hydrogen-bond donors (Lipinski definition) is 1. The second-order valence-electron chi connectivity index (χ2n) is 4.40. The average molecular weight is 242 g/mol. The van der Waals surface area contributed by atoms with Gasteiger partial charge in [0, 0.05) is 29.4 Å². The van der Waals surface area contributed by atoms with E-state index < -0.39 is 6.10 Å². The fourth-order valence-corrected chi connectivity index (χ4v) is 2.39. The van der Waals surface area contributed by atoms with Crippen molar-refractivity contribution < 1.29 is 9.84 Å². The zero-order valence-electron chi connectivity index (χ0n) is 9.86. The van der Waals surface area contributed by atoms with Crippen LogP contribution >= 0.6 is 0 Å². The third-order valence-corrected chi connectivity index (χ3v) is 3.31. The van der Waals surface area contributed by atoms with Gasteiger partial charge in [0.25, 0.3) is 0 Å². The molecule has 0 fully saturated rings. The molecule has 18 heavy (non-hydrogen) atoms. The number of aromatic nitrogens is 2. The third kappa shape index (κ3) is 1.95. The monoisotopic (exact) mass is 242 g/mol. The van der Waals surface area contributed by atoms with Crippen LogP contribution in [0.25, 0.3) is 0 Å². The Kier molecular flexibility index (Phi) is 2.94. The molecule has 92 valence electrons. The molecule has 3 rings (SSSR count). The second kappa shape index (κ2) is 4.74. The summed E-state index contributed by atoms with van der Waals surface area (Å²) in [6.45, 7) is 0.631. The lowest BCUT2D eigenvalue weighted by atomic mass is 9.86. The Morgan fingerprint density at radius 2 is 2.00 bits per heavy atom. The second-order valence-corrected chi connectivity index (χ2v) is 4.40. The van der Waals surface area contributed by atoms with Crippen LogP contribution in [0.1, 0.15) is 29.6 Å². The van der Waals surface area contributed by atoms with Crippen LogP contribution in [0.3, 0.4) is 0 Å². The van der Waals surface area contributed by atoms with Crippen molar-refractivity contribution in [3.63, 3.8) is 0 Å². The number of ether oxygens (including phenoxy) is 1. The van der Waals surface area contributed by atoms with Gasteiger partial charge in [-0.05, 0) is 12.5 Å². The summed E-state index contributed by atoms with van der Waals surface area (Å²) >= 11 is 0. The SMILES string of the molecule is OC(c1cncnc1)C1CCOc2ccccc21. The normalized spacial score (nSPS) is 19.7. The lowest BCUT2D eigenvalue weighted by Crippen LogP contribution is -2.20. The van der Waals surface area contributed by atoms with Crippen LogP contribution < -0.4 is 4.74 Å². The molecule has 1 N–H and O–H groups in total. The zero-order chi connectivity index (χ0) is 12.4. The maximum atomic E-state index is 10.5. The minimum absolute atomic E-state index is 0.0425. The minimum atomic E-state index is -0.587. The van der Waals surface area contributed by atoms with E-state index in [1.54, 1.807) is 12.4 Å². The van der Waals surface area contributed by atoms with Crippen molar-refractivity contribution in [3.8, 4) is 5.75 Å². The molecule has 4 nitrogen and oxygen atoms in total. The van der Waals surface area contributed by atoms with Crippen molar-refractivity contribution in [2.24, 2.45) is 0 Å². The van der Waals surface area contributed by atoms with Crippen LogP contribution in [0.4, 0.5) is 0 Å². The van der Waals surface area contributed by atoms with E-state index in [0.29, 0.717) is 6.61 Å². The lowest BCUT2D eigenvalue weighted by Gasteiger charge is -2.29. The van der Waals surface area contributed by atoms with Gasteiger partial charge in [0.1, 0.15) is 12.1 Å². The first kappa shape index (κ1) is 11.2. The van der Waals surface area contributed by atoms with Gasteiger partial charge in [-0.25, -0.2) is 9.97 Å². The number of para-hydroxylation sites is 1. The van der Waals surface area contributed by atoms with E-state index in [0.717, 1.165) is 23.3 Å². The predicted molar refractivity (Wildman–Crippen MR) is 66.3 cm³/mol. The molecule has 0 radical (unpaired) electrons. The van der Waals surface area contributed by atoms with Gasteiger partial charge in [-0.3, -0.25) is 0 Å². The molecule has 2 unspecified atom stereocenters. The molecule has 0 aliphatic carbocycles. The van der Waals surface area contributed by atoms with Gasteiger partial charge >= 0.3 is 0 Å². The van der Waals surface area contributed by atoms with Crippen molar-refractivity contribution in [1.82, 2.24) is 9.97 Å². The van der Waals surface area contributed by atoms with Crippen molar-refractivity contribution in [2.75, 3.05) is 6.61 Å². The average Bonchev–Trinajstić information content (AvgIpc) is 2.47. The smallest absolute Gasteiger partial charge is 0.122 e. The Bertz CT molecular complexity index is 530. The summed E-state index contributed by atoms with van der Waals surface area (Å²) in [7, 11) is 0. The lowest BCUT2D eigenvalue weighted by molar-refractivity contribution is 0.116. The summed E-state index contributed by atoms with van der Waals surface area (Å²) in [5, 5.41) is 10.5. The topological polar surface area (TPSA) is 55.2 Å². The number of rotatable bonds is 2. The molecule has 1 aliphatic rings. The van der Waals surface area contributed by atoms with Crippen LogP contribution in [0.2, 0.25) is 0 Å². The van der Waals surface area contributed by atoms with Gasteiger partial charge in [0.2, 0.25) is 0 Å². The molecule has 0 amide bonds. The molecule has 2 aromatic rings. The summed E-state index contributed by atoms with van der Waals surface area (Å²) in [6, 6.07) is 7.86. The van der Waals surface area contributed by atoms with Gasteiger partial charge in [0.15, 0.2) is 0 Å². The molecule has 0 spiro atoms. The van der Waals surface area contributed by atoms with Crippen molar-refractivity contribution >= 4 is 0 Å². The van der Waals surface area contributed by atoms with E-state index >= 15 is 0 Å². The molecule has 1 aromatic heterocycles. The molecule has 0 bridgehead atoms. The van der Waals surface area contributed by atoms with Crippen LogP contribution in [0.15, 0.2) is 43.0 Å². The molecule has 0 saturated carbocycles. The molecular weight excluding hydrogens is 228 g/mol. The van der Waals surface area contributed by atoms with E-state index in [9.17, 15) is 5.11 Å². The number of fused-ring (bicyclic) bond motifs is 1. The Balaban J connectivity index is 1.94. The van der Waals surface area contributed by atoms with E-state index in [2.05, 4.69) is 9.97 Å². The number of hydrogen-bond acceptors (Lipinski definition) is 4. The van der Waals surface area contributed by atoms with Crippen LogP contribution in [0, 0.1) is 0 Å². The zero-order valence-corrected chi connectivity index (χ0v) is 9.86. The summed E-state index contributed by atoms with van der Waals surface area (Å²) in [6.07, 6.45) is 5.00. The first-order valence-corrected chi connectivity index (χ1v) is 6.01. The first-order chi connectivity index (χ1) is 8.86. The molecule has 4 heteroatoms. The standard InChI is InChI=1S/C14H14N2O2/c17-14(10-7-15-9-16-8-10)12-5-6-18-13-4-2-1-3-11(12)13/h1-4,7-9,12,14,17H,5-6H2. The molecule has 1 aliphatic heterocycles. The van der Waals surface area contributed by atoms with Crippen LogP contribution in [-0.4, -0.2) is 21.7 Å². The van der Waals surface area contributed by atoms with Gasteiger partial charge < -0.3 is 9.84 Å². The quantitative estimate of drug-likeness (QED) is 0.876. The predicted octanol–water partition coefficient (Wildman–Crippen LogP) is 2.08. The first-order valence-electron chi connectivity index (χ1n) is 6.01. The molecule has 1 aromatic carbocycles. The Hall–Kier alpha value is -1.94. The largest absolute Gasteiger partial charge is 0.493 e. The van der Waals surface area contributed by atoms with Crippen molar-refractivity contribution in [3.05, 3.63) is 54.1 Å². The fraction of sp³-hybridized carbons (Fsp3) is 0.286. The van der Waals surface area contributed by atoms with E-state index in [1.807, 2.05) is 24.3 Å². The molecular formula is C14H14N2O2. The molecule has 2 heterocycles. The summed E-state index contributed by atoms with van der Waals surface area (Å²) in [4.78, 5) is 7.91. The fourth-order valence-electron chi connectivity index (χ4n) is 2.39. The summed E-state index contributed by atoms with van der Waals surface area (Å²) < 4.78 is 5.60. The molecule has 2 atom stereocenters. The van der Waals surface area contributed by atoms with E-state index in [4.69, 9.17) is 4.74 Å². The van der Waals surface area contributed by atoms with Gasteiger partial charge in [-0.2, -0.15) is 0 Å². The maximum Gasteiger partial charge on any atom is 0.122 e. The van der Waals surface area contributed by atoms with Crippen LogP contribution in [-0.2, 0) is 0 Å². The number of benzene rings is 1. The van der Waals surface area contributed by atoms with E-state index in [-0.39, 0.29) is 5.92 Å². The van der Waals surface area contributed by atoms with Crippen molar-refractivity contribution in [2.45, 2.75) is 18.4 Å². The highest BCUT2D eigenvalue weighted by molar-refractivity contribution is 5.39. The van der Waals surface area contributed by atoms with E-state index in [1.165, 1.54) is 6.33 Å².